The highest BCUT2D eigenvalue weighted by molar-refractivity contribution is 5.73. The molecule has 1 unspecified atom stereocenters. The molecule has 1 atom stereocenters. The average molecular weight is 257 g/mol. The molecule has 0 aliphatic heterocycles. The zero-order valence-electron chi connectivity index (χ0n) is 11.5. The van der Waals surface area contributed by atoms with Crippen molar-refractivity contribution in [3.05, 3.63) is 0 Å². The Morgan fingerprint density at radius 2 is 2.00 bits per heavy atom. The highest BCUT2D eigenvalue weighted by Gasteiger charge is 2.18. The third kappa shape index (κ3) is 6.36. The maximum atomic E-state index is 11.0. The van der Waals surface area contributed by atoms with Gasteiger partial charge in [-0.15, -0.1) is 0 Å². The summed E-state index contributed by atoms with van der Waals surface area (Å²) in [4.78, 5) is 11.0. The van der Waals surface area contributed by atoms with Crippen LogP contribution in [0.5, 0.6) is 0 Å². The number of hydrogen-bond acceptors (Lipinski definition) is 3. The highest BCUT2D eigenvalue weighted by Crippen LogP contribution is 2.19. The molecule has 0 heterocycles. The van der Waals surface area contributed by atoms with Gasteiger partial charge in [-0.25, -0.2) is 0 Å². The summed E-state index contributed by atoms with van der Waals surface area (Å²) in [6.45, 7) is 3.34. The van der Waals surface area contributed by atoms with Gasteiger partial charge >= 0.3 is 5.97 Å². The van der Waals surface area contributed by atoms with Crippen LogP contribution in [-0.4, -0.2) is 36.4 Å². The van der Waals surface area contributed by atoms with E-state index in [9.17, 15) is 4.79 Å². The first-order chi connectivity index (χ1) is 8.74. The van der Waals surface area contributed by atoms with Crippen molar-refractivity contribution in [2.45, 2.75) is 70.4 Å². The quantitative estimate of drug-likeness (QED) is 0.656. The lowest BCUT2D eigenvalue weighted by atomic mass is 10.1. The maximum absolute atomic E-state index is 11.0. The molecule has 0 aromatic rings. The summed E-state index contributed by atoms with van der Waals surface area (Å²) in [5.41, 5.74) is 0. The minimum Gasteiger partial charge on any atom is -0.480 e. The molecule has 2 N–H and O–H groups in total. The van der Waals surface area contributed by atoms with Crippen molar-refractivity contribution in [3.63, 3.8) is 0 Å². The largest absolute Gasteiger partial charge is 0.480 e. The number of nitrogens with one attached hydrogen (secondary N) is 1. The third-order valence-corrected chi connectivity index (χ3v) is 3.50. The van der Waals surface area contributed by atoms with E-state index in [1.807, 2.05) is 6.92 Å². The van der Waals surface area contributed by atoms with Crippen LogP contribution in [-0.2, 0) is 9.53 Å². The second-order valence-electron chi connectivity index (χ2n) is 5.12. The van der Waals surface area contributed by atoms with Crippen LogP contribution in [0, 0.1) is 0 Å². The Balaban J connectivity index is 2.18. The van der Waals surface area contributed by atoms with Gasteiger partial charge in [-0.2, -0.15) is 0 Å². The van der Waals surface area contributed by atoms with Crippen LogP contribution < -0.4 is 5.32 Å². The lowest BCUT2D eigenvalue weighted by Gasteiger charge is -2.18. The standard InChI is InChI=1S/C14H27NO3/c1-2-10-15-13(14(16)17)9-11-18-12-7-5-3-4-6-8-12/h12-13,15H,2-11H2,1H3,(H,16,17). The molecule has 1 rings (SSSR count). The van der Waals surface area contributed by atoms with E-state index >= 15 is 0 Å². The molecule has 0 aromatic heterocycles. The molecule has 0 aromatic carbocycles. The Bertz CT molecular complexity index is 225. The molecule has 1 fully saturated rings. The summed E-state index contributed by atoms with van der Waals surface area (Å²) in [5, 5.41) is 12.1. The summed E-state index contributed by atoms with van der Waals surface area (Å²) in [6.07, 6.45) is 9.28. The minimum absolute atomic E-state index is 0.355. The van der Waals surface area contributed by atoms with Crippen molar-refractivity contribution in [3.8, 4) is 0 Å². The second-order valence-corrected chi connectivity index (χ2v) is 5.12. The van der Waals surface area contributed by atoms with Gasteiger partial charge in [-0.3, -0.25) is 4.79 Å². The summed E-state index contributed by atoms with van der Waals surface area (Å²) in [7, 11) is 0. The van der Waals surface area contributed by atoms with Crippen molar-refractivity contribution in [2.24, 2.45) is 0 Å². The Hall–Kier alpha value is -0.610. The van der Waals surface area contributed by atoms with Crippen LogP contribution in [0.1, 0.15) is 58.3 Å². The number of carboxylic acid groups (broad SMARTS) is 1. The number of rotatable bonds is 8. The van der Waals surface area contributed by atoms with Gasteiger partial charge in [0.05, 0.1) is 6.10 Å². The average Bonchev–Trinajstić information content (AvgIpc) is 2.61. The molecule has 106 valence electrons. The van der Waals surface area contributed by atoms with E-state index in [2.05, 4.69) is 5.32 Å². The van der Waals surface area contributed by atoms with E-state index in [-0.39, 0.29) is 0 Å². The second kappa shape index (κ2) is 9.34. The Kier molecular flexibility index (Phi) is 8.01. The summed E-state index contributed by atoms with van der Waals surface area (Å²) in [6, 6.07) is -0.462. The molecule has 0 bridgehead atoms. The summed E-state index contributed by atoms with van der Waals surface area (Å²) < 4.78 is 5.82. The van der Waals surface area contributed by atoms with E-state index in [1.54, 1.807) is 0 Å². The monoisotopic (exact) mass is 257 g/mol. The predicted molar refractivity (Wildman–Crippen MR) is 71.8 cm³/mol. The van der Waals surface area contributed by atoms with E-state index in [0.717, 1.165) is 25.8 Å². The Labute approximate surface area is 110 Å². The van der Waals surface area contributed by atoms with Crippen LogP contribution >= 0.6 is 0 Å². The molecule has 0 amide bonds. The molecule has 18 heavy (non-hydrogen) atoms. The highest BCUT2D eigenvalue weighted by atomic mass is 16.5. The van der Waals surface area contributed by atoms with Crippen LogP contribution in [0.3, 0.4) is 0 Å². The number of carboxylic acids is 1. The first-order valence-corrected chi connectivity index (χ1v) is 7.31. The van der Waals surface area contributed by atoms with Crippen molar-refractivity contribution in [1.29, 1.82) is 0 Å². The maximum Gasteiger partial charge on any atom is 0.320 e. The van der Waals surface area contributed by atoms with Gasteiger partial charge in [0.1, 0.15) is 6.04 Å². The number of aliphatic carboxylic acids is 1. The van der Waals surface area contributed by atoms with Crippen molar-refractivity contribution < 1.29 is 14.6 Å². The van der Waals surface area contributed by atoms with E-state index < -0.39 is 12.0 Å². The van der Waals surface area contributed by atoms with Crippen LogP contribution in [0.25, 0.3) is 0 Å². The molecular weight excluding hydrogens is 230 g/mol. The molecule has 4 nitrogen and oxygen atoms in total. The molecule has 1 saturated carbocycles. The number of ether oxygens (including phenoxy) is 1. The lowest BCUT2D eigenvalue weighted by molar-refractivity contribution is -0.140. The molecule has 0 radical (unpaired) electrons. The van der Waals surface area contributed by atoms with Gasteiger partial charge in [0.15, 0.2) is 0 Å². The van der Waals surface area contributed by atoms with Crippen molar-refractivity contribution in [2.75, 3.05) is 13.2 Å². The zero-order valence-corrected chi connectivity index (χ0v) is 11.5. The molecule has 4 heteroatoms. The SMILES string of the molecule is CCCNC(CCOC1CCCCCC1)C(=O)O. The normalized spacial score (nSPS) is 19.4. The summed E-state index contributed by atoms with van der Waals surface area (Å²) in [5.74, 6) is -0.770. The van der Waals surface area contributed by atoms with Gasteiger partial charge in [0.25, 0.3) is 0 Å². The van der Waals surface area contributed by atoms with E-state index in [1.165, 1.54) is 25.7 Å². The Morgan fingerprint density at radius 1 is 1.33 bits per heavy atom. The number of carbonyl (C=O) groups is 1. The fourth-order valence-electron chi connectivity index (χ4n) is 2.39. The molecule has 0 saturated heterocycles. The van der Waals surface area contributed by atoms with Gasteiger partial charge in [-0.1, -0.05) is 32.6 Å². The van der Waals surface area contributed by atoms with Gasteiger partial charge in [0.2, 0.25) is 0 Å². The van der Waals surface area contributed by atoms with Gasteiger partial charge in [-0.05, 0) is 32.2 Å². The van der Waals surface area contributed by atoms with Crippen LogP contribution in [0.4, 0.5) is 0 Å². The fraction of sp³-hybridized carbons (Fsp3) is 0.929. The van der Waals surface area contributed by atoms with E-state index in [0.29, 0.717) is 19.1 Å². The molecule has 1 aliphatic carbocycles. The molecule has 0 spiro atoms. The van der Waals surface area contributed by atoms with Crippen LogP contribution in [0.15, 0.2) is 0 Å². The Morgan fingerprint density at radius 3 is 2.56 bits per heavy atom. The predicted octanol–water partition coefficient (Wildman–Crippen LogP) is 2.57. The van der Waals surface area contributed by atoms with Gasteiger partial charge in [0, 0.05) is 6.61 Å². The topological polar surface area (TPSA) is 58.6 Å². The smallest absolute Gasteiger partial charge is 0.320 e. The fourth-order valence-corrected chi connectivity index (χ4v) is 2.39. The number of hydrogen-bond donors (Lipinski definition) is 2. The lowest BCUT2D eigenvalue weighted by Crippen LogP contribution is -2.38. The third-order valence-electron chi connectivity index (χ3n) is 3.50. The van der Waals surface area contributed by atoms with Crippen molar-refractivity contribution >= 4 is 5.97 Å². The van der Waals surface area contributed by atoms with E-state index in [4.69, 9.17) is 9.84 Å². The van der Waals surface area contributed by atoms with Crippen molar-refractivity contribution in [1.82, 2.24) is 5.32 Å². The molecular formula is C14H27NO3. The first kappa shape index (κ1) is 15.4. The molecule has 1 aliphatic rings. The minimum atomic E-state index is -0.770. The first-order valence-electron chi connectivity index (χ1n) is 7.31. The van der Waals surface area contributed by atoms with Gasteiger partial charge < -0.3 is 15.2 Å². The van der Waals surface area contributed by atoms with Crippen LogP contribution in [0.2, 0.25) is 0 Å². The zero-order chi connectivity index (χ0) is 13.2. The summed E-state index contributed by atoms with van der Waals surface area (Å²) >= 11 is 0.